The maximum atomic E-state index is 12.3. The quantitative estimate of drug-likeness (QED) is 0.733. The highest BCUT2D eigenvalue weighted by molar-refractivity contribution is 5.87. The van der Waals surface area contributed by atoms with E-state index in [1.54, 1.807) is 16.7 Å². The molecule has 0 bridgehead atoms. The molecule has 0 spiro atoms. The van der Waals surface area contributed by atoms with Crippen LogP contribution in [0, 0.1) is 0 Å². The maximum Gasteiger partial charge on any atom is 0.353 e. The number of fused-ring (bicyclic) bond motifs is 2. The van der Waals surface area contributed by atoms with Gasteiger partial charge in [-0.3, -0.25) is 9.20 Å². The Morgan fingerprint density at radius 2 is 2.21 bits per heavy atom. The van der Waals surface area contributed by atoms with Crippen molar-refractivity contribution in [2.45, 2.75) is 13.5 Å². The van der Waals surface area contributed by atoms with Gasteiger partial charge in [0.05, 0.1) is 6.33 Å². The number of aryl methyl sites for hydroxylation is 1. The Hall–Kier alpha value is -2.70. The molecule has 3 rings (SSSR count). The second-order valence-electron chi connectivity index (χ2n) is 4.03. The van der Waals surface area contributed by atoms with Gasteiger partial charge in [-0.1, -0.05) is 6.07 Å². The van der Waals surface area contributed by atoms with Gasteiger partial charge < -0.3 is 9.67 Å². The highest BCUT2D eigenvalue weighted by atomic mass is 16.4. The van der Waals surface area contributed by atoms with E-state index in [0.717, 1.165) is 4.40 Å². The standard InChI is InChI=1S/C12H10N4O3/c1-2-15-6-13-9-10(15)14-8-5-3-4-7(12(18)19)16(8)11(9)17/h3-6H,2H2,1H3,(H,18,19). The Morgan fingerprint density at radius 3 is 2.89 bits per heavy atom. The summed E-state index contributed by atoms with van der Waals surface area (Å²) in [6.45, 7) is 2.55. The van der Waals surface area contributed by atoms with Crippen molar-refractivity contribution in [3.05, 3.63) is 40.6 Å². The topological polar surface area (TPSA) is 89.5 Å². The summed E-state index contributed by atoms with van der Waals surface area (Å²) in [5.74, 6) is -1.18. The third-order valence-corrected chi connectivity index (χ3v) is 2.97. The summed E-state index contributed by atoms with van der Waals surface area (Å²) < 4.78 is 2.81. The zero-order chi connectivity index (χ0) is 13.6. The van der Waals surface area contributed by atoms with Gasteiger partial charge in [0.15, 0.2) is 11.2 Å². The first kappa shape index (κ1) is 11.4. The second-order valence-corrected chi connectivity index (χ2v) is 4.03. The molecule has 3 aromatic rings. The van der Waals surface area contributed by atoms with Crippen molar-refractivity contribution in [1.29, 1.82) is 0 Å². The number of aromatic nitrogens is 4. The molecule has 3 aromatic heterocycles. The maximum absolute atomic E-state index is 12.3. The van der Waals surface area contributed by atoms with Crippen LogP contribution in [-0.4, -0.2) is 30.0 Å². The lowest BCUT2D eigenvalue weighted by molar-refractivity contribution is 0.0688. The van der Waals surface area contributed by atoms with E-state index in [-0.39, 0.29) is 11.2 Å². The summed E-state index contributed by atoms with van der Waals surface area (Å²) >= 11 is 0. The highest BCUT2D eigenvalue weighted by Gasteiger charge is 2.15. The fourth-order valence-corrected chi connectivity index (χ4v) is 2.06. The minimum absolute atomic E-state index is 0.122. The summed E-state index contributed by atoms with van der Waals surface area (Å²) in [4.78, 5) is 31.8. The first-order valence-corrected chi connectivity index (χ1v) is 5.73. The number of imidazole rings is 1. The number of pyridine rings is 1. The fourth-order valence-electron chi connectivity index (χ4n) is 2.06. The molecule has 3 heterocycles. The van der Waals surface area contributed by atoms with Gasteiger partial charge in [-0.15, -0.1) is 0 Å². The first-order valence-electron chi connectivity index (χ1n) is 5.73. The van der Waals surface area contributed by atoms with E-state index in [9.17, 15) is 9.59 Å². The van der Waals surface area contributed by atoms with Gasteiger partial charge in [-0.05, 0) is 19.1 Å². The molecule has 7 nitrogen and oxygen atoms in total. The number of nitrogens with zero attached hydrogens (tertiary/aromatic N) is 4. The Labute approximate surface area is 106 Å². The summed E-state index contributed by atoms with van der Waals surface area (Å²) in [6, 6.07) is 4.52. The molecule has 0 atom stereocenters. The van der Waals surface area contributed by atoms with Crippen molar-refractivity contribution in [3.63, 3.8) is 0 Å². The molecule has 0 saturated heterocycles. The highest BCUT2D eigenvalue weighted by Crippen LogP contribution is 2.10. The minimum Gasteiger partial charge on any atom is -0.477 e. The number of hydrogen-bond acceptors (Lipinski definition) is 4. The van der Waals surface area contributed by atoms with Crippen molar-refractivity contribution in [2.75, 3.05) is 0 Å². The molecule has 0 fully saturated rings. The predicted molar refractivity (Wildman–Crippen MR) is 67.4 cm³/mol. The molecule has 0 unspecified atom stereocenters. The molecule has 0 aliphatic carbocycles. The molecule has 0 aliphatic rings. The average molecular weight is 258 g/mol. The number of aromatic carboxylic acids is 1. The van der Waals surface area contributed by atoms with E-state index in [1.807, 2.05) is 6.92 Å². The summed E-state index contributed by atoms with van der Waals surface area (Å²) in [5.41, 5.74) is 0.351. The largest absolute Gasteiger partial charge is 0.477 e. The second kappa shape index (κ2) is 3.91. The van der Waals surface area contributed by atoms with E-state index in [4.69, 9.17) is 5.11 Å². The lowest BCUT2D eigenvalue weighted by Gasteiger charge is -2.05. The average Bonchev–Trinajstić information content (AvgIpc) is 2.81. The van der Waals surface area contributed by atoms with E-state index >= 15 is 0 Å². The fraction of sp³-hybridized carbons (Fsp3) is 0.167. The van der Waals surface area contributed by atoms with Crippen LogP contribution in [0.15, 0.2) is 29.3 Å². The zero-order valence-corrected chi connectivity index (χ0v) is 10.1. The lowest BCUT2D eigenvalue weighted by atomic mass is 10.3. The Bertz CT molecular complexity index is 862. The van der Waals surface area contributed by atoms with Gasteiger partial charge >= 0.3 is 5.97 Å². The number of carboxylic acids is 1. The normalized spacial score (nSPS) is 11.2. The molecule has 7 heteroatoms. The van der Waals surface area contributed by atoms with Gasteiger partial charge in [-0.25, -0.2) is 14.8 Å². The smallest absolute Gasteiger partial charge is 0.353 e. The SMILES string of the molecule is CCn1cnc2c(=O)n3c(C(=O)O)cccc3nc21. The summed E-state index contributed by atoms with van der Waals surface area (Å²) in [5, 5.41) is 9.12. The monoisotopic (exact) mass is 258 g/mol. The van der Waals surface area contributed by atoms with Gasteiger partial charge in [0.1, 0.15) is 11.3 Å². The van der Waals surface area contributed by atoms with Crippen molar-refractivity contribution in [1.82, 2.24) is 18.9 Å². The van der Waals surface area contributed by atoms with Crippen LogP contribution < -0.4 is 5.56 Å². The molecule has 0 amide bonds. The Balaban J connectivity index is 2.56. The van der Waals surface area contributed by atoms with Gasteiger partial charge in [0.25, 0.3) is 5.56 Å². The number of rotatable bonds is 2. The predicted octanol–water partition coefficient (Wildman–Crippen LogP) is 0.762. The Kier molecular flexibility index (Phi) is 2.34. The van der Waals surface area contributed by atoms with Crippen LogP contribution in [0.1, 0.15) is 17.4 Å². The number of carbonyl (C=O) groups is 1. The first-order chi connectivity index (χ1) is 9.13. The van der Waals surface area contributed by atoms with Crippen LogP contribution in [0.3, 0.4) is 0 Å². The minimum atomic E-state index is -1.18. The van der Waals surface area contributed by atoms with Crippen LogP contribution in [0.25, 0.3) is 16.8 Å². The molecule has 1 N–H and O–H groups in total. The van der Waals surface area contributed by atoms with Crippen molar-refractivity contribution >= 4 is 22.8 Å². The van der Waals surface area contributed by atoms with E-state index in [1.165, 1.54) is 12.4 Å². The lowest BCUT2D eigenvalue weighted by Crippen LogP contribution is -2.21. The third-order valence-electron chi connectivity index (χ3n) is 2.97. The van der Waals surface area contributed by atoms with Crippen LogP contribution >= 0.6 is 0 Å². The van der Waals surface area contributed by atoms with E-state index in [0.29, 0.717) is 17.8 Å². The summed E-state index contributed by atoms with van der Waals surface area (Å²) in [6.07, 6.45) is 1.53. The van der Waals surface area contributed by atoms with Crippen LogP contribution in [0.4, 0.5) is 0 Å². The van der Waals surface area contributed by atoms with Crippen molar-refractivity contribution < 1.29 is 9.90 Å². The van der Waals surface area contributed by atoms with Gasteiger partial charge in [0, 0.05) is 6.54 Å². The molecular weight excluding hydrogens is 248 g/mol. The molecule has 0 aromatic carbocycles. The van der Waals surface area contributed by atoms with Crippen LogP contribution in [0.5, 0.6) is 0 Å². The molecular formula is C12H10N4O3. The van der Waals surface area contributed by atoms with Gasteiger partial charge in [-0.2, -0.15) is 0 Å². The zero-order valence-electron chi connectivity index (χ0n) is 10.1. The van der Waals surface area contributed by atoms with E-state index < -0.39 is 11.5 Å². The molecule has 0 aliphatic heterocycles. The van der Waals surface area contributed by atoms with Crippen molar-refractivity contribution in [2.24, 2.45) is 0 Å². The summed E-state index contributed by atoms with van der Waals surface area (Å²) in [7, 11) is 0. The van der Waals surface area contributed by atoms with Crippen LogP contribution in [-0.2, 0) is 6.54 Å². The molecule has 19 heavy (non-hydrogen) atoms. The van der Waals surface area contributed by atoms with Gasteiger partial charge in [0.2, 0.25) is 0 Å². The number of carboxylic acid groups (broad SMARTS) is 1. The third kappa shape index (κ3) is 1.51. The van der Waals surface area contributed by atoms with Crippen LogP contribution in [0.2, 0.25) is 0 Å². The number of hydrogen-bond donors (Lipinski definition) is 1. The van der Waals surface area contributed by atoms with Crippen molar-refractivity contribution in [3.8, 4) is 0 Å². The molecule has 0 saturated carbocycles. The molecule has 96 valence electrons. The van der Waals surface area contributed by atoms with E-state index in [2.05, 4.69) is 9.97 Å². The Morgan fingerprint density at radius 1 is 1.42 bits per heavy atom. The molecule has 0 radical (unpaired) electrons.